The van der Waals surface area contributed by atoms with Crippen molar-refractivity contribution >= 4 is 62.4 Å². The third-order valence-electron chi connectivity index (χ3n) is 4.15. The summed E-state index contributed by atoms with van der Waals surface area (Å²) in [4.78, 5) is 30.0. The number of fused-ring (bicyclic) bond motifs is 1. The Bertz CT molecular complexity index is 1140. The van der Waals surface area contributed by atoms with Crippen molar-refractivity contribution in [3.05, 3.63) is 56.9 Å². The van der Waals surface area contributed by atoms with Crippen LogP contribution in [0.2, 0.25) is 0 Å². The molecule has 0 saturated carbocycles. The number of hydrogen-bond donors (Lipinski definition) is 3. The Morgan fingerprint density at radius 2 is 1.93 bits per heavy atom. The second-order valence-electron chi connectivity index (χ2n) is 6.18. The van der Waals surface area contributed by atoms with Gasteiger partial charge in [-0.1, -0.05) is 12.1 Å². The zero-order valence-electron chi connectivity index (χ0n) is 15.3. The predicted molar refractivity (Wildman–Crippen MR) is 116 cm³/mol. The van der Waals surface area contributed by atoms with E-state index in [1.165, 1.54) is 12.1 Å². The summed E-state index contributed by atoms with van der Waals surface area (Å²) in [5.74, 6) is -0.619. The number of primary amides is 1. The molecular weight excluding hydrogens is 523 g/mol. The predicted octanol–water partition coefficient (Wildman–Crippen LogP) is 4.42. The Balaban J connectivity index is 2.04. The van der Waals surface area contributed by atoms with Gasteiger partial charge in [-0.2, -0.15) is 8.78 Å². The largest absolute Gasteiger partial charge is 0.487 e. The second kappa shape index (κ2) is 8.94. The number of nitrogens with two attached hydrogens (primary N) is 1. The summed E-state index contributed by atoms with van der Waals surface area (Å²) in [7, 11) is -4.69. The Kier molecular flexibility index (Phi) is 6.91. The van der Waals surface area contributed by atoms with Crippen LogP contribution in [0.15, 0.2) is 45.8 Å². The van der Waals surface area contributed by atoms with Crippen molar-refractivity contribution in [3.8, 4) is 5.75 Å². The molecule has 1 heterocycles. The lowest BCUT2D eigenvalue weighted by Crippen LogP contribution is -2.11. The van der Waals surface area contributed by atoms with Crippen LogP contribution in [-0.4, -0.2) is 26.2 Å². The highest BCUT2D eigenvalue weighted by molar-refractivity contribution is 9.10. The van der Waals surface area contributed by atoms with Crippen LogP contribution in [0.4, 0.5) is 8.78 Å². The number of hydrogen-bond acceptors (Lipinski definition) is 6. The SMILES string of the molecule is CS(=O)c1ccc(COc2cc(C(N)=O)cc3c(Br)c(C(F)(F)P(O)O)sc23)cc1. The number of thiophene rings is 1. The van der Waals surface area contributed by atoms with E-state index in [9.17, 15) is 17.8 Å². The van der Waals surface area contributed by atoms with Gasteiger partial charge in [-0.05, 0) is 45.8 Å². The Morgan fingerprint density at radius 1 is 1.30 bits per heavy atom. The quantitative estimate of drug-likeness (QED) is 0.386. The second-order valence-corrected chi connectivity index (χ2v) is 10.5. The summed E-state index contributed by atoms with van der Waals surface area (Å²) in [6.07, 6.45) is 1.56. The first-order valence-corrected chi connectivity index (χ1v) is 12.6. The summed E-state index contributed by atoms with van der Waals surface area (Å²) >= 11 is 3.70. The third-order valence-corrected chi connectivity index (χ3v) is 8.34. The first-order valence-electron chi connectivity index (χ1n) is 8.19. The van der Waals surface area contributed by atoms with Gasteiger partial charge >= 0.3 is 5.66 Å². The molecule has 0 radical (unpaired) electrons. The Morgan fingerprint density at radius 3 is 2.47 bits per heavy atom. The average Bonchev–Trinajstić information content (AvgIpc) is 3.03. The van der Waals surface area contributed by atoms with Gasteiger partial charge in [-0.25, -0.2) is 0 Å². The maximum absolute atomic E-state index is 14.3. The van der Waals surface area contributed by atoms with Gasteiger partial charge in [0.25, 0.3) is 0 Å². The molecule has 2 aromatic carbocycles. The minimum atomic E-state index is -3.87. The van der Waals surface area contributed by atoms with Gasteiger partial charge < -0.3 is 20.3 Å². The van der Waals surface area contributed by atoms with Gasteiger partial charge in [0, 0.05) is 37.4 Å². The Hall–Kier alpha value is -1.49. The summed E-state index contributed by atoms with van der Waals surface area (Å²) in [5, 5.41) is 0.245. The maximum atomic E-state index is 14.3. The fourth-order valence-corrected chi connectivity index (χ4v) is 5.91. The standard InChI is InChI=1S/C18H15BrF2NO5PS2/c1-30(26)11-4-2-9(3-5-11)8-27-13-7-10(17(22)23)6-12-14(19)16(29-15(12)13)18(20,21)28(24)25/h2-7,24-25H,8H2,1H3,(H2,22,23). The number of rotatable bonds is 7. The zero-order chi connectivity index (χ0) is 22.2. The minimum absolute atomic E-state index is 0.0536. The molecule has 1 aromatic heterocycles. The van der Waals surface area contributed by atoms with Crippen molar-refractivity contribution in [3.63, 3.8) is 0 Å². The zero-order valence-corrected chi connectivity index (χ0v) is 19.4. The van der Waals surface area contributed by atoms with E-state index in [0.717, 1.165) is 5.56 Å². The number of carbonyl (C=O) groups is 1. The molecule has 0 spiro atoms. The van der Waals surface area contributed by atoms with E-state index in [1.54, 1.807) is 30.5 Å². The fourth-order valence-electron chi connectivity index (χ4n) is 2.61. The fraction of sp³-hybridized carbons (Fsp3) is 0.167. The highest BCUT2D eigenvalue weighted by atomic mass is 79.9. The summed E-state index contributed by atoms with van der Waals surface area (Å²) < 4.78 is 46.0. The molecule has 160 valence electrons. The number of alkyl halides is 2. The molecule has 1 amide bonds. The lowest BCUT2D eigenvalue weighted by molar-refractivity contribution is 0.0766. The van der Waals surface area contributed by atoms with E-state index in [0.29, 0.717) is 20.9 Å². The van der Waals surface area contributed by atoms with Gasteiger partial charge in [0.1, 0.15) is 12.4 Å². The number of ether oxygens (including phenoxy) is 1. The van der Waals surface area contributed by atoms with E-state index in [-0.39, 0.29) is 27.8 Å². The van der Waals surface area contributed by atoms with Crippen molar-refractivity contribution in [2.24, 2.45) is 5.73 Å². The highest BCUT2D eigenvalue weighted by Gasteiger charge is 2.45. The van der Waals surface area contributed by atoms with Crippen LogP contribution in [0.3, 0.4) is 0 Å². The van der Waals surface area contributed by atoms with Crippen molar-refractivity contribution in [2.75, 3.05) is 6.26 Å². The third kappa shape index (κ3) is 4.56. The molecule has 1 atom stereocenters. The smallest absolute Gasteiger partial charge is 0.349 e. The van der Waals surface area contributed by atoms with Crippen LogP contribution >= 0.6 is 35.6 Å². The normalized spacial score (nSPS) is 13.0. The van der Waals surface area contributed by atoms with Gasteiger partial charge in [-0.15, -0.1) is 11.3 Å². The van der Waals surface area contributed by atoms with Crippen molar-refractivity contribution in [1.82, 2.24) is 0 Å². The van der Waals surface area contributed by atoms with Gasteiger partial charge in [0.05, 0.1) is 9.58 Å². The number of amides is 1. The molecule has 30 heavy (non-hydrogen) atoms. The van der Waals surface area contributed by atoms with Gasteiger partial charge in [0.15, 0.2) is 0 Å². The van der Waals surface area contributed by atoms with Crippen LogP contribution in [0, 0.1) is 0 Å². The van der Waals surface area contributed by atoms with E-state index in [4.69, 9.17) is 20.3 Å². The molecule has 0 saturated heterocycles. The minimum Gasteiger partial charge on any atom is -0.487 e. The lowest BCUT2D eigenvalue weighted by atomic mass is 10.1. The number of carbonyl (C=O) groups excluding carboxylic acids is 1. The molecule has 3 aromatic rings. The molecule has 0 fully saturated rings. The molecule has 6 nitrogen and oxygen atoms in total. The summed E-state index contributed by atoms with van der Waals surface area (Å²) in [6.45, 7) is 0.0574. The van der Waals surface area contributed by atoms with Crippen LogP contribution < -0.4 is 10.5 Å². The van der Waals surface area contributed by atoms with Crippen molar-refractivity contribution in [1.29, 1.82) is 0 Å². The monoisotopic (exact) mass is 537 g/mol. The van der Waals surface area contributed by atoms with Crippen molar-refractivity contribution in [2.45, 2.75) is 17.2 Å². The van der Waals surface area contributed by atoms with Gasteiger partial charge in [0.2, 0.25) is 14.3 Å². The summed E-state index contributed by atoms with van der Waals surface area (Å²) in [5.41, 5.74) is 2.28. The molecular formula is C18H15BrF2NO5PS2. The van der Waals surface area contributed by atoms with E-state index in [1.807, 2.05) is 0 Å². The van der Waals surface area contributed by atoms with Crippen molar-refractivity contribution < 1.29 is 32.3 Å². The number of benzene rings is 2. The van der Waals surface area contributed by atoms with Crippen LogP contribution in [0.5, 0.6) is 5.75 Å². The molecule has 0 aliphatic rings. The molecule has 0 aliphatic carbocycles. The molecule has 1 unspecified atom stereocenters. The topological polar surface area (TPSA) is 110 Å². The summed E-state index contributed by atoms with van der Waals surface area (Å²) in [6, 6.07) is 9.52. The van der Waals surface area contributed by atoms with E-state index in [2.05, 4.69) is 15.9 Å². The molecule has 12 heteroatoms. The average molecular weight is 538 g/mol. The lowest BCUT2D eigenvalue weighted by Gasteiger charge is -2.15. The van der Waals surface area contributed by atoms with Crippen LogP contribution in [0.1, 0.15) is 20.8 Å². The van der Waals surface area contributed by atoms with Crippen LogP contribution in [-0.2, 0) is 23.1 Å². The molecule has 4 N–H and O–H groups in total. The first-order chi connectivity index (χ1) is 14.0. The maximum Gasteiger partial charge on any atom is 0.349 e. The molecule has 0 bridgehead atoms. The van der Waals surface area contributed by atoms with Crippen LogP contribution in [0.25, 0.3) is 10.1 Å². The van der Waals surface area contributed by atoms with E-state index < -0.39 is 35.6 Å². The first kappa shape index (κ1) is 23.2. The van der Waals surface area contributed by atoms with E-state index >= 15 is 0 Å². The number of halogens is 3. The molecule has 3 rings (SSSR count). The molecule has 0 aliphatic heterocycles. The van der Waals surface area contributed by atoms with Gasteiger partial charge in [-0.3, -0.25) is 9.00 Å². The Labute approximate surface area is 186 Å². The highest BCUT2D eigenvalue weighted by Crippen LogP contribution is 2.58.